The Morgan fingerprint density at radius 3 is 2.34 bits per heavy atom. The molecule has 3 aromatic carbocycles. The van der Waals surface area contributed by atoms with E-state index in [1.807, 2.05) is 44.2 Å². The van der Waals surface area contributed by atoms with E-state index in [2.05, 4.69) is 33.1 Å². The van der Waals surface area contributed by atoms with Crippen molar-refractivity contribution in [3.8, 4) is 0 Å². The molecule has 1 heterocycles. The predicted molar refractivity (Wildman–Crippen MR) is 131 cm³/mol. The Morgan fingerprint density at radius 1 is 0.969 bits per heavy atom. The molecule has 0 spiro atoms. The van der Waals surface area contributed by atoms with Crippen LogP contribution in [-0.2, 0) is 10.0 Å². The summed E-state index contributed by atoms with van der Waals surface area (Å²) >= 11 is 0. The monoisotopic (exact) mass is 451 g/mol. The van der Waals surface area contributed by atoms with Gasteiger partial charge in [-0.05, 0) is 78.9 Å². The van der Waals surface area contributed by atoms with E-state index in [0.29, 0.717) is 11.3 Å². The zero-order valence-corrected chi connectivity index (χ0v) is 19.5. The standard InChI is InChI=1S/C25H29N3O3S/c1-17-14-19(9-11-24(17)27-32(3,30)31)18(2)26-25(29)22-7-6-21-16-23(10-8-20(21)15-22)28-12-4-5-13-28/h6-11,14-16,18,27H,4-5,12-13H2,1-3H3,(H,26,29)/t18-/m1/s1. The zero-order chi connectivity index (χ0) is 22.9. The number of carbonyl (C=O) groups is 1. The van der Waals surface area contributed by atoms with Gasteiger partial charge in [-0.3, -0.25) is 9.52 Å². The van der Waals surface area contributed by atoms with Crippen LogP contribution in [0.15, 0.2) is 54.6 Å². The summed E-state index contributed by atoms with van der Waals surface area (Å²) in [6, 6.07) is 17.4. The van der Waals surface area contributed by atoms with E-state index >= 15 is 0 Å². The molecule has 0 unspecified atom stereocenters. The molecule has 1 amide bonds. The lowest BCUT2D eigenvalue weighted by Gasteiger charge is -2.18. The van der Waals surface area contributed by atoms with Crippen LogP contribution in [0, 0.1) is 6.92 Å². The first kappa shape index (κ1) is 22.1. The van der Waals surface area contributed by atoms with Gasteiger partial charge in [-0.15, -0.1) is 0 Å². The van der Waals surface area contributed by atoms with Crippen molar-refractivity contribution < 1.29 is 13.2 Å². The number of rotatable bonds is 6. The maximum atomic E-state index is 12.9. The van der Waals surface area contributed by atoms with Crippen LogP contribution in [0.3, 0.4) is 0 Å². The molecule has 1 atom stereocenters. The lowest BCUT2D eigenvalue weighted by molar-refractivity contribution is 0.0940. The second-order valence-corrected chi connectivity index (χ2v) is 10.3. The molecule has 2 N–H and O–H groups in total. The molecule has 1 saturated heterocycles. The van der Waals surface area contributed by atoms with E-state index in [0.717, 1.165) is 41.2 Å². The second-order valence-electron chi connectivity index (χ2n) is 8.58. The summed E-state index contributed by atoms with van der Waals surface area (Å²) in [5, 5.41) is 5.21. The zero-order valence-electron chi connectivity index (χ0n) is 18.7. The Balaban J connectivity index is 1.48. The summed E-state index contributed by atoms with van der Waals surface area (Å²) in [6.07, 6.45) is 3.61. The van der Waals surface area contributed by atoms with Gasteiger partial charge in [-0.2, -0.15) is 0 Å². The van der Waals surface area contributed by atoms with E-state index < -0.39 is 10.0 Å². The number of nitrogens with one attached hydrogen (secondary N) is 2. The average Bonchev–Trinajstić information content (AvgIpc) is 3.28. The smallest absolute Gasteiger partial charge is 0.251 e. The number of hydrogen-bond donors (Lipinski definition) is 2. The summed E-state index contributed by atoms with van der Waals surface area (Å²) in [4.78, 5) is 15.3. The van der Waals surface area contributed by atoms with E-state index in [1.165, 1.54) is 18.5 Å². The van der Waals surface area contributed by atoms with Crippen molar-refractivity contribution in [2.45, 2.75) is 32.7 Å². The molecule has 0 saturated carbocycles. The van der Waals surface area contributed by atoms with E-state index in [-0.39, 0.29) is 11.9 Å². The Morgan fingerprint density at radius 2 is 1.66 bits per heavy atom. The highest BCUT2D eigenvalue weighted by Crippen LogP contribution is 2.26. The molecule has 0 radical (unpaired) electrons. The summed E-state index contributed by atoms with van der Waals surface area (Å²) < 4.78 is 25.5. The molecular formula is C25H29N3O3S. The molecule has 6 nitrogen and oxygen atoms in total. The second kappa shape index (κ2) is 8.82. The molecule has 0 aliphatic carbocycles. The first-order valence-electron chi connectivity index (χ1n) is 10.9. The summed E-state index contributed by atoms with van der Waals surface area (Å²) in [5.41, 5.74) is 4.10. The van der Waals surface area contributed by atoms with Gasteiger partial charge in [0.2, 0.25) is 10.0 Å². The van der Waals surface area contributed by atoms with Crippen LogP contribution in [0.2, 0.25) is 0 Å². The fourth-order valence-corrected chi connectivity index (χ4v) is 4.81. The Labute approximate surface area is 189 Å². The molecule has 3 aromatic rings. The molecule has 1 aliphatic rings. The Bertz CT molecular complexity index is 1260. The number of carbonyl (C=O) groups excluding carboxylic acids is 1. The minimum atomic E-state index is -3.34. The van der Waals surface area contributed by atoms with Gasteiger partial charge in [-0.25, -0.2) is 8.42 Å². The third-order valence-electron chi connectivity index (χ3n) is 5.95. The normalized spacial score (nSPS) is 15.0. The number of amides is 1. The number of fused-ring (bicyclic) bond motifs is 1. The van der Waals surface area contributed by atoms with Crippen LogP contribution in [0.4, 0.5) is 11.4 Å². The number of anilines is 2. The number of nitrogens with zero attached hydrogens (tertiary/aromatic N) is 1. The predicted octanol–water partition coefficient (Wildman–Crippen LogP) is 4.61. The molecule has 32 heavy (non-hydrogen) atoms. The van der Waals surface area contributed by atoms with Gasteiger partial charge in [0, 0.05) is 24.3 Å². The first-order valence-corrected chi connectivity index (χ1v) is 12.8. The lowest BCUT2D eigenvalue weighted by atomic mass is 10.0. The highest BCUT2D eigenvalue weighted by Gasteiger charge is 2.15. The number of hydrogen-bond acceptors (Lipinski definition) is 4. The topological polar surface area (TPSA) is 78.5 Å². The number of aryl methyl sites for hydroxylation is 1. The summed E-state index contributed by atoms with van der Waals surface area (Å²) in [7, 11) is -3.34. The van der Waals surface area contributed by atoms with Gasteiger partial charge in [0.1, 0.15) is 0 Å². The quantitative estimate of drug-likeness (QED) is 0.574. The average molecular weight is 452 g/mol. The fraction of sp³-hybridized carbons (Fsp3) is 0.320. The van der Waals surface area contributed by atoms with Crippen molar-refractivity contribution in [1.82, 2.24) is 5.32 Å². The largest absolute Gasteiger partial charge is 0.372 e. The highest BCUT2D eigenvalue weighted by molar-refractivity contribution is 7.92. The molecule has 4 rings (SSSR count). The summed E-state index contributed by atoms with van der Waals surface area (Å²) in [5.74, 6) is -0.140. The van der Waals surface area contributed by atoms with Gasteiger partial charge in [-0.1, -0.05) is 24.3 Å². The molecule has 0 bridgehead atoms. The van der Waals surface area contributed by atoms with E-state index in [9.17, 15) is 13.2 Å². The van der Waals surface area contributed by atoms with Crippen LogP contribution < -0.4 is 14.9 Å². The SMILES string of the molecule is Cc1cc([C@@H](C)NC(=O)c2ccc3cc(N4CCCC4)ccc3c2)ccc1NS(C)(=O)=O. The van der Waals surface area contributed by atoms with Crippen LogP contribution >= 0.6 is 0 Å². The summed E-state index contributed by atoms with van der Waals surface area (Å²) in [6.45, 7) is 5.97. The molecule has 0 aromatic heterocycles. The Kier molecular flexibility index (Phi) is 6.11. The van der Waals surface area contributed by atoms with Gasteiger partial charge >= 0.3 is 0 Å². The molecule has 168 valence electrons. The minimum Gasteiger partial charge on any atom is -0.372 e. The van der Waals surface area contributed by atoms with Crippen molar-refractivity contribution in [3.05, 3.63) is 71.3 Å². The van der Waals surface area contributed by atoms with E-state index in [4.69, 9.17) is 0 Å². The van der Waals surface area contributed by atoms with Crippen molar-refractivity contribution in [2.24, 2.45) is 0 Å². The Hall–Kier alpha value is -3.06. The molecule has 1 aliphatic heterocycles. The van der Waals surface area contributed by atoms with Gasteiger partial charge in [0.15, 0.2) is 0 Å². The lowest BCUT2D eigenvalue weighted by Crippen LogP contribution is -2.26. The van der Waals surface area contributed by atoms with Crippen LogP contribution in [0.25, 0.3) is 10.8 Å². The third kappa shape index (κ3) is 5.05. The fourth-order valence-electron chi connectivity index (χ4n) is 4.18. The molecule has 7 heteroatoms. The van der Waals surface area contributed by atoms with Crippen LogP contribution in [-0.4, -0.2) is 33.7 Å². The number of benzene rings is 3. The van der Waals surface area contributed by atoms with Gasteiger partial charge in [0.05, 0.1) is 18.0 Å². The van der Waals surface area contributed by atoms with Crippen LogP contribution in [0.5, 0.6) is 0 Å². The van der Waals surface area contributed by atoms with Crippen molar-refractivity contribution >= 4 is 38.1 Å². The van der Waals surface area contributed by atoms with Crippen LogP contribution in [0.1, 0.15) is 47.3 Å². The van der Waals surface area contributed by atoms with Gasteiger partial charge < -0.3 is 10.2 Å². The van der Waals surface area contributed by atoms with Crippen molar-refractivity contribution in [3.63, 3.8) is 0 Å². The third-order valence-corrected chi connectivity index (χ3v) is 6.54. The minimum absolute atomic E-state index is 0.140. The maximum Gasteiger partial charge on any atom is 0.251 e. The van der Waals surface area contributed by atoms with E-state index in [1.54, 1.807) is 6.07 Å². The van der Waals surface area contributed by atoms with Crippen molar-refractivity contribution in [2.75, 3.05) is 29.0 Å². The molecule has 1 fully saturated rings. The molecular weight excluding hydrogens is 422 g/mol. The van der Waals surface area contributed by atoms with Crippen molar-refractivity contribution in [1.29, 1.82) is 0 Å². The maximum absolute atomic E-state index is 12.9. The highest BCUT2D eigenvalue weighted by atomic mass is 32.2. The first-order chi connectivity index (χ1) is 15.2. The van der Waals surface area contributed by atoms with Gasteiger partial charge in [0.25, 0.3) is 5.91 Å². The number of sulfonamides is 1.